The number of esters is 1. The monoisotopic (exact) mass is 208 g/mol. The first-order chi connectivity index (χ1) is 7.15. The van der Waals surface area contributed by atoms with E-state index in [2.05, 4.69) is 0 Å². The molecule has 1 aliphatic carbocycles. The molecule has 0 bridgehead atoms. The van der Waals surface area contributed by atoms with Gasteiger partial charge in [-0.3, -0.25) is 9.59 Å². The van der Waals surface area contributed by atoms with Crippen molar-refractivity contribution in [2.75, 3.05) is 6.61 Å². The van der Waals surface area contributed by atoms with E-state index in [-0.39, 0.29) is 24.3 Å². The summed E-state index contributed by atoms with van der Waals surface area (Å²) in [5.41, 5.74) is 0.717. The molecule has 0 saturated carbocycles. The molecule has 0 heterocycles. The van der Waals surface area contributed by atoms with Gasteiger partial charge >= 0.3 is 5.97 Å². The molecule has 3 nitrogen and oxygen atoms in total. The van der Waals surface area contributed by atoms with Crippen LogP contribution in [0.4, 0.5) is 0 Å². The van der Waals surface area contributed by atoms with Gasteiger partial charge in [-0.05, 0) is 18.9 Å². The van der Waals surface area contributed by atoms with Crippen LogP contribution in [0.1, 0.15) is 26.7 Å². The molecule has 82 valence electrons. The molecule has 0 radical (unpaired) electrons. The summed E-state index contributed by atoms with van der Waals surface area (Å²) in [7, 11) is 0. The second-order valence-corrected chi connectivity index (χ2v) is 3.64. The second kappa shape index (κ2) is 5.49. The van der Waals surface area contributed by atoms with Crippen molar-refractivity contribution in [2.45, 2.75) is 26.7 Å². The minimum Gasteiger partial charge on any atom is -0.465 e. The Kier molecular flexibility index (Phi) is 4.28. The minimum atomic E-state index is -0.296. The van der Waals surface area contributed by atoms with Crippen molar-refractivity contribution in [2.24, 2.45) is 5.92 Å². The topological polar surface area (TPSA) is 43.4 Å². The summed E-state index contributed by atoms with van der Waals surface area (Å²) in [6.45, 7) is 3.85. The van der Waals surface area contributed by atoms with Crippen LogP contribution in [0.5, 0.6) is 0 Å². The average Bonchev–Trinajstić information content (AvgIpc) is 2.21. The van der Waals surface area contributed by atoms with E-state index in [1.165, 1.54) is 0 Å². The number of allylic oxidation sites excluding steroid dienone is 3. The summed E-state index contributed by atoms with van der Waals surface area (Å²) in [5, 5.41) is 0. The van der Waals surface area contributed by atoms with E-state index in [0.29, 0.717) is 12.0 Å². The van der Waals surface area contributed by atoms with Crippen LogP contribution in [-0.4, -0.2) is 18.4 Å². The SMILES string of the molecule is CCCC(=O)OCC1C=CC=C(C)C1=O. The van der Waals surface area contributed by atoms with Crippen molar-refractivity contribution in [3.63, 3.8) is 0 Å². The lowest BCUT2D eigenvalue weighted by Crippen LogP contribution is -2.22. The molecule has 0 amide bonds. The molecule has 0 aromatic rings. The predicted molar refractivity (Wildman–Crippen MR) is 57.3 cm³/mol. The van der Waals surface area contributed by atoms with Crippen molar-refractivity contribution < 1.29 is 14.3 Å². The number of rotatable bonds is 4. The predicted octanol–water partition coefficient (Wildman–Crippen LogP) is 2.03. The molecule has 15 heavy (non-hydrogen) atoms. The van der Waals surface area contributed by atoms with E-state index in [0.717, 1.165) is 6.42 Å². The zero-order chi connectivity index (χ0) is 11.3. The summed E-state index contributed by atoms with van der Waals surface area (Å²) in [6.07, 6.45) is 6.56. The Bertz CT molecular complexity index is 313. The Balaban J connectivity index is 2.40. The van der Waals surface area contributed by atoms with E-state index >= 15 is 0 Å². The highest BCUT2D eigenvalue weighted by Gasteiger charge is 2.20. The third kappa shape index (κ3) is 3.35. The molecule has 1 unspecified atom stereocenters. The summed E-state index contributed by atoms with van der Waals surface area (Å²) in [6, 6.07) is 0. The lowest BCUT2D eigenvalue weighted by Gasteiger charge is -2.14. The van der Waals surface area contributed by atoms with E-state index in [1.54, 1.807) is 19.1 Å². The van der Waals surface area contributed by atoms with Gasteiger partial charge in [0.2, 0.25) is 0 Å². The number of Topliss-reactive ketones (excluding diaryl/α,β-unsaturated/α-hetero) is 1. The van der Waals surface area contributed by atoms with E-state index < -0.39 is 0 Å². The summed E-state index contributed by atoms with van der Waals surface area (Å²) in [5.74, 6) is -0.483. The summed E-state index contributed by atoms with van der Waals surface area (Å²) >= 11 is 0. The molecule has 0 aromatic heterocycles. The molecule has 1 aliphatic rings. The van der Waals surface area contributed by atoms with Crippen molar-refractivity contribution in [3.05, 3.63) is 23.8 Å². The number of hydrogen-bond acceptors (Lipinski definition) is 3. The lowest BCUT2D eigenvalue weighted by molar-refractivity contribution is -0.145. The zero-order valence-electron chi connectivity index (χ0n) is 9.16. The maximum atomic E-state index is 11.6. The molecule has 1 atom stereocenters. The zero-order valence-corrected chi connectivity index (χ0v) is 9.16. The fraction of sp³-hybridized carbons (Fsp3) is 0.500. The highest BCUT2D eigenvalue weighted by atomic mass is 16.5. The largest absolute Gasteiger partial charge is 0.465 e. The van der Waals surface area contributed by atoms with Gasteiger partial charge in [-0.1, -0.05) is 25.2 Å². The van der Waals surface area contributed by atoms with Crippen LogP contribution in [0.25, 0.3) is 0 Å². The van der Waals surface area contributed by atoms with E-state index in [4.69, 9.17) is 4.74 Å². The Morgan fingerprint density at radius 1 is 1.53 bits per heavy atom. The van der Waals surface area contributed by atoms with Gasteiger partial charge < -0.3 is 4.74 Å². The van der Waals surface area contributed by atoms with E-state index in [1.807, 2.05) is 13.0 Å². The number of carbonyl (C=O) groups excluding carboxylic acids is 2. The van der Waals surface area contributed by atoms with Crippen LogP contribution in [0.3, 0.4) is 0 Å². The molecule has 0 saturated heterocycles. The highest BCUT2D eigenvalue weighted by Crippen LogP contribution is 2.14. The van der Waals surface area contributed by atoms with Gasteiger partial charge in [-0.15, -0.1) is 0 Å². The summed E-state index contributed by atoms with van der Waals surface area (Å²) in [4.78, 5) is 22.7. The number of hydrogen-bond donors (Lipinski definition) is 0. The van der Waals surface area contributed by atoms with Gasteiger partial charge in [0.25, 0.3) is 0 Å². The third-order valence-corrected chi connectivity index (χ3v) is 2.29. The fourth-order valence-corrected chi connectivity index (χ4v) is 1.39. The third-order valence-electron chi connectivity index (χ3n) is 2.29. The Hall–Kier alpha value is -1.38. The molecule has 3 heteroatoms. The molecule has 0 N–H and O–H groups in total. The maximum absolute atomic E-state index is 11.6. The standard InChI is InChI=1S/C12H16O3/c1-3-5-11(13)15-8-10-7-4-6-9(2)12(10)14/h4,6-7,10H,3,5,8H2,1-2H3. The Morgan fingerprint density at radius 3 is 2.93 bits per heavy atom. The average molecular weight is 208 g/mol. The van der Waals surface area contributed by atoms with Gasteiger partial charge in [0.15, 0.2) is 5.78 Å². The quantitative estimate of drug-likeness (QED) is 0.664. The van der Waals surface area contributed by atoms with Gasteiger partial charge in [-0.25, -0.2) is 0 Å². The van der Waals surface area contributed by atoms with Gasteiger partial charge in [-0.2, -0.15) is 0 Å². The normalized spacial score (nSPS) is 20.0. The first kappa shape index (κ1) is 11.7. The van der Waals surface area contributed by atoms with Crippen molar-refractivity contribution in [1.82, 2.24) is 0 Å². The molecular weight excluding hydrogens is 192 g/mol. The van der Waals surface area contributed by atoms with Crippen molar-refractivity contribution in [1.29, 1.82) is 0 Å². The maximum Gasteiger partial charge on any atom is 0.305 e. The van der Waals surface area contributed by atoms with Crippen LogP contribution in [0.2, 0.25) is 0 Å². The highest BCUT2D eigenvalue weighted by molar-refractivity contribution is 5.99. The van der Waals surface area contributed by atoms with Crippen LogP contribution in [0.15, 0.2) is 23.8 Å². The van der Waals surface area contributed by atoms with E-state index in [9.17, 15) is 9.59 Å². The number of carbonyl (C=O) groups is 2. The summed E-state index contributed by atoms with van der Waals surface area (Å²) < 4.78 is 5.00. The van der Waals surface area contributed by atoms with Crippen LogP contribution in [0, 0.1) is 5.92 Å². The van der Waals surface area contributed by atoms with Gasteiger partial charge in [0, 0.05) is 6.42 Å². The van der Waals surface area contributed by atoms with Crippen molar-refractivity contribution >= 4 is 11.8 Å². The lowest BCUT2D eigenvalue weighted by atomic mass is 9.94. The molecule has 0 spiro atoms. The Labute approximate surface area is 89.8 Å². The number of ketones is 1. The van der Waals surface area contributed by atoms with Crippen LogP contribution < -0.4 is 0 Å². The second-order valence-electron chi connectivity index (χ2n) is 3.64. The van der Waals surface area contributed by atoms with Gasteiger partial charge in [0.1, 0.15) is 6.61 Å². The van der Waals surface area contributed by atoms with Crippen LogP contribution >= 0.6 is 0 Å². The smallest absolute Gasteiger partial charge is 0.305 e. The Morgan fingerprint density at radius 2 is 2.27 bits per heavy atom. The van der Waals surface area contributed by atoms with Crippen molar-refractivity contribution in [3.8, 4) is 0 Å². The fourth-order valence-electron chi connectivity index (χ4n) is 1.39. The van der Waals surface area contributed by atoms with Crippen LogP contribution in [-0.2, 0) is 14.3 Å². The first-order valence-corrected chi connectivity index (χ1v) is 5.20. The number of ether oxygens (including phenoxy) is 1. The molecule has 0 aromatic carbocycles. The first-order valence-electron chi connectivity index (χ1n) is 5.20. The minimum absolute atomic E-state index is 0.0433. The molecule has 1 rings (SSSR count). The molecule has 0 fully saturated rings. The molecular formula is C12H16O3. The molecule has 0 aliphatic heterocycles. The van der Waals surface area contributed by atoms with Gasteiger partial charge in [0.05, 0.1) is 5.92 Å².